The minimum Gasteiger partial charge on any atom is -0.357 e. The van der Waals surface area contributed by atoms with Crippen LogP contribution < -0.4 is 5.32 Å². The van der Waals surface area contributed by atoms with E-state index in [9.17, 15) is 10.1 Å². The Morgan fingerprint density at radius 1 is 1.14 bits per heavy atom. The van der Waals surface area contributed by atoms with Crippen LogP contribution in [0, 0.1) is 10.1 Å². The first kappa shape index (κ1) is 20.3. The molecule has 0 aliphatic rings. The monoisotopic (exact) mass is 415 g/mol. The van der Waals surface area contributed by atoms with Crippen LogP contribution in [-0.4, -0.2) is 9.91 Å². The predicted octanol–water partition coefficient (Wildman–Crippen LogP) is 6.21. The molecule has 1 N–H and O–H groups in total. The maximum absolute atomic E-state index is 10.9. The summed E-state index contributed by atoms with van der Waals surface area (Å²) >= 11 is 7.62. The van der Waals surface area contributed by atoms with E-state index in [-0.39, 0.29) is 16.0 Å². The summed E-state index contributed by atoms with van der Waals surface area (Å²) in [7, 11) is 0. The van der Waals surface area contributed by atoms with E-state index in [1.165, 1.54) is 16.5 Å². The Labute approximate surface area is 173 Å². The number of rotatable bonds is 6. The highest BCUT2D eigenvalue weighted by Crippen LogP contribution is 2.34. The van der Waals surface area contributed by atoms with Crippen LogP contribution in [0.1, 0.15) is 42.5 Å². The molecule has 0 fully saturated rings. The van der Waals surface area contributed by atoms with Gasteiger partial charge in [-0.15, -0.1) is 11.3 Å². The molecular formula is C21H22ClN3O2S. The third-order valence-corrected chi connectivity index (χ3v) is 5.52. The number of hydrogen-bond acceptors (Lipinski definition) is 5. The molecule has 0 spiro atoms. The molecule has 0 saturated carbocycles. The first-order chi connectivity index (χ1) is 13.2. The number of nitro groups is 1. The maximum Gasteiger partial charge on any atom is 0.269 e. The van der Waals surface area contributed by atoms with Crippen LogP contribution in [-0.2, 0) is 18.4 Å². The highest BCUT2D eigenvalue weighted by atomic mass is 35.5. The van der Waals surface area contributed by atoms with Crippen molar-refractivity contribution in [1.29, 1.82) is 0 Å². The molecule has 0 atom stereocenters. The van der Waals surface area contributed by atoms with Crippen LogP contribution in [0.25, 0.3) is 0 Å². The maximum atomic E-state index is 10.9. The Bertz CT molecular complexity index is 978. The van der Waals surface area contributed by atoms with Crippen LogP contribution in [0.4, 0.5) is 10.8 Å². The van der Waals surface area contributed by atoms with Gasteiger partial charge in [0.1, 0.15) is 0 Å². The van der Waals surface area contributed by atoms with Crippen LogP contribution in [0.3, 0.4) is 0 Å². The minimum absolute atomic E-state index is 0.0796. The van der Waals surface area contributed by atoms with Gasteiger partial charge < -0.3 is 5.32 Å². The average Bonchev–Trinajstić information content (AvgIpc) is 3.05. The van der Waals surface area contributed by atoms with Gasteiger partial charge in [0.05, 0.1) is 10.6 Å². The number of anilines is 1. The fourth-order valence-corrected chi connectivity index (χ4v) is 4.21. The molecule has 0 bridgehead atoms. The number of halogens is 1. The van der Waals surface area contributed by atoms with Gasteiger partial charge in [0, 0.05) is 40.4 Å². The van der Waals surface area contributed by atoms with Gasteiger partial charge in [0.25, 0.3) is 5.69 Å². The molecule has 0 saturated heterocycles. The Hall–Kier alpha value is -2.44. The Morgan fingerprint density at radius 3 is 2.50 bits per heavy atom. The fourth-order valence-electron chi connectivity index (χ4n) is 2.88. The largest absolute Gasteiger partial charge is 0.357 e. The van der Waals surface area contributed by atoms with Crippen molar-refractivity contribution in [1.82, 2.24) is 4.98 Å². The van der Waals surface area contributed by atoms with E-state index >= 15 is 0 Å². The number of nitrogens with one attached hydrogen (secondary N) is 1. The summed E-state index contributed by atoms with van der Waals surface area (Å²) in [6.45, 7) is 6.94. The Balaban J connectivity index is 1.80. The molecule has 7 heteroatoms. The quantitative estimate of drug-likeness (QED) is 0.384. The molecule has 5 nitrogen and oxygen atoms in total. The third kappa shape index (κ3) is 5.09. The van der Waals surface area contributed by atoms with Gasteiger partial charge in [0.2, 0.25) is 0 Å². The third-order valence-electron chi connectivity index (χ3n) is 4.25. The van der Waals surface area contributed by atoms with Gasteiger partial charge in [-0.2, -0.15) is 0 Å². The zero-order chi connectivity index (χ0) is 20.3. The molecule has 2 aromatic carbocycles. The molecule has 0 amide bonds. The molecule has 146 valence electrons. The smallest absolute Gasteiger partial charge is 0.269 e. The van der Waals surface area contributed by atoms with Crippen molar-refractivity contribution in [3.63, 3.8) is 0 Å². The number of nitrogens with zero attached hydrogens (tertiary/aromatic N) is 2. The van der Waals surface area contributed by atoms with Gasteiger partial charge in [-0.25, -0.2) is 4.98 Å². The van der Waals surface area contributed by atoms with Gasteiger partial charge >= 0.3 is 0 Å². The zero-order valence-electron chi connectivity index (χ0n) is 16.0. The standard InChI is InChI=1S/C21H22ClN3O2S/c1-21(2,3)19-18(12-14-7-9-16(22)10-8-14)28-20(24-19)23-13-15-5-4-6-17(11-15)25(26)27/h4-11H,12-13H2,1-3H3,(H,23,24). The lowest BCUT2D eigenvalue weighted by molar-refractivity contribution is -0.384. The number of nitro benzene ring substituents is 1. The lowest BCUT2D eigenvalue weighted by Gasteiger charge is -2.17. The van der Waals surface area contributed by atoms with Crippen LogP contribution >= 0.6 is 22.9 Å². The molecule has 3 rings (SSSR count). The summed E-state index contributed by atoms with van der Waals surface area (Å²) in [6, 6.07) is 14.5. The number of aromatic nitrogens is 1. The van der Waals surface area contributed by atoms with Crippen LogP contribution in [0.15, 0.2) is 48.5 Å². The molecule has 0 aliphatic heterocycles. The van der Waals surface area contributed by atoms with Crippen molar-refractivity contribution in [2.45, 2.75) is 39.2 Å². The summed E-state index contributed by atoms with van der Waals surface area (Å²) < 4.78 is 0. The van der Waals surface area contributed by atoms with Crippen molar-refractivity contribution in [2.75, 3.05) is 5.32 Å². The second-order valence-corrected chi connectivity index (χ2v) is 9.14. The van der Waals surface area contributed by atoms with Crippen molar-refractivity contribution < 1.29 is 4.92 Å². The van der Waals surface area contributed by atoms with Crippen molar-refractivity contribution >= 4 is 33.8 Å². The second-order valence-electron chi connectivity index (χ2n) is 7.62. The molecule has 0 radical (unpaired) electrons. The van der Waals surface area contributed by atoms with Gasteiger partial charge in [-0.1, -0.05) is 56.6 Å². The number of benzene rings is 2. The minimum atomic E-state index is -0.380. The summed E-state index contributed by atoms with van der Waals surface area (Å²) in [4.78, 5) is 16.6. The van der Waals surface area contributed by atoms with E-state index in [1.54, 1.807) is 23.5 Å². The molecule has 3 aromatic rings. The van der Waals surface area contributed by atoms with Gasteiger partial charge in [-0.05, 0) is 23.3 Å². The Kier molecular flexibility index (Phi) is 6.01. The van der Waals surface area contributed by atoms with E-state index in [0.717, 1.165) is 27.8 Å². The molecule has 28 heavy (non-hydrogen) atoms. The fraction of sp³-hybridized carbons (Fsp3) is 0.286. The molecule has 1 heterocycles. The first-order valence-corrected chi connectivity index (χ1v) is 10.1. The average molecular weight is 416 g/mol. The zero-order valence-corrected chi connectivity index (χ0v) is 17.6. The van der Waals surface area contributed by atoms with Gasteiger partial charge in [0.15, 0.2) is 5.13 Å². The highest BCUT2D eigenvalue weighted by Gasteiger charge is 2.23. The predicted molar refractivity (Wildman–Crippen MR) is 115 cm³/mol. The number of non-ortho nitro benzene ring substituents is 1. The second kappa shape index (κ2) is 8.29. The summed E-state index contributed by atoms with van der Waals surface area (Å²) in [5.41, 5.74) is 3.11. The van der Waals surface area contributed by atoms with Crippen LogP contribution in [0.2, 0.25) is 5.02 Å². The molecule has 0 aliphatic carbocycles. The molecular weight excluding hydrogens is 394 g/mol. The number of hydrogen-bond donors (Lipinski definition) is 1. The van der Waals surface area contributed by atoms with Crippen LogP contribution in [0.5, 0.6) is 0 Å². The lowest BCUT2D eigenvalue weighted by Crippen LogP contribution is -2.14. The molecule has 1 aromatic heterocycles. The van der Waals surface area contributed by atoms with Crippen molar-refractivity contribution in [3.05, 3.63) is 85.4 Å². The first-order valence-electron chi connectivity index (χ1n) is 8.94. The van der Waals surface area contributed by atoms with E-state index < -0.39 is 0 Å². The SMILES string of the molecule is CC(C)(C)c1nc(NCc2cccc([N+](=O)[O-])c2)sc1Cc1ccc(Cl)cc1. The van der Waals surface area contributed by atoms with E-state index in [1.807, 2.05) is 30.3 Å². The lowest BCUT2D eigenvalue weighted by atomic mass is 9.90. The van der Waals surface area contributed by atoms with E-state index in [4.69, 9.17) is 16.6 Å². The van der Waals surface area contributed by atoms with E-state index in [0.29, 0.717) is 6.54 Å². The van der Waals surface area contributed by atoms with Crippen molar-refractivity contribution in [3.8, 4) is 0 Å². The van der Waals surface area contributed by atoms with Gasteiger partial charge in [-0.3, -0.25) is 10.1 Å². The Morgan fingerprint density at radius 2 is 1.86 bits per heavy atom. The summed E-state index contributed by atoms with van der Waals surface area (Å²) in [6.07, 6.45) is 0.792. The summed E-state index contributed by atoms with van der Waals surface area (Å²) in [5, 5.41) is 15.8. The number of thiazole rings is 1. The topological polar surface area (TPSA) is 68.1 Å². The molecule has 0 unspecified atom stereocenters. The van der Waals surface area contributed by atoms with Crippen molar-refractivity contribution in [2.24, 2.45) is 0 Å². The highest BCUT2D eigenvalue weighted by molar-refractivity contribution is 7.15. The normalized spacial score (nSPS) is 11.4. The van der Waals surface area contributed by atoms with E-state index in [2.05, 4.69) is 26.1 Å². The summed E-state index contributed by atoms with van der Waals surface area (Å²) in [5.74, 6) is 0.